The highest BCUT2D eigenvalue weighted by Crippen LogP contribution is 2.32. The molecule has 1 aliphatic carbocycles. The standard InChI is InChI=1S/C26H27N5O2/c1-16(27)3-7-25(28)32-19-12-20(13-19)33-26-8-5-18(14-30-26)17-4-6-21-22-15-29-10-9-23(22)31(2)24(21)11-17/h3-11,14-15,19-20H,12-13,27-28H2,1-2H3/b16-3-,25-7+. The summed E-state index contributed by atoms with van der Waals surface area (Å²) in [6, 6.07) is 12.5. The second-order valence-corrected chi connectivity index (χ2v) is 8.50. The van der Waals surface area contributed by atoms with Gasteiger partial charge in [0, 0.05) is 72.1 Å². The predicted octanol–water partition coefficient (Wildman–Crippen LogP) is 4.38. The molecule has 3 heterocycles. The van der Waals surface area contributed by atoms with E-state index in [4.69, 9.17) is 20.9 Å². The molecule has 5 rings (SSSR count). The van der Waals surface area contributed by atoms with Crippen LogP contribution in [-0.2, 0) is 11.8 Å². The van der Waals surface area contributed by atoms with Gasteiger partial charge in [0.1, 0.15) is 12.2 Å². The van der Waals surface area contributed by atoms with Crippen molar-refractivity contribution in [3.8, 4) is 17.0 Å². The molecule has 1 fully saturated rings. The van der Waals surface area contributed by atoms with E-state index in [1.807, 2.05) is 36.8 Å². The van der Waals surface area contributed by atoms with Gasteiger partial charge in [-0.15, -0.1) is 0 Å². The average Bonchev–Trinajstić information content (AvgIpc) is 3.08. The number of nitrogens with zero attached hydrogens (tertiary/aromatic N) is 3. The largest absolute Gasteiger partial charge is 0.476 e. The van der Waals surface area contributed by atoms with Crippen molar-refractivity contribution in [2.75, 3.05) is 0 Å². The maximum Gasteiger partial charge on any atom is 0.213 e. The highest BCUT2D eigenvalue weighted by atomic mass is 16.5. The van der Waals surface area contributed by atoms with Crippen LogP contribution in [0.3, 0.4) is 0 Å². The smallest absolute Gasteiger partial charge is 0.213 e. The predicted molar refractivity (Wildman–Crippen MR) is 130 cm³/mol. The lowest BCUT2D eigenvalue weighted by atomic mass is 9.92. The fourth-order valence-electron chi connectivity index (χ4n) is 4.18. The average molecular weight is 442 g/mol. The zero-order valence-electron chi connectivity index (χ0n) is 18.7. The van der Waals surface area contributed by atoms with Crippen LogP contribution >= 0.6 is 0 Å². The second-order valence-electron chi connectivity index (χ2n) is 8.50. The van der Waals surface area contributed by atoms with E-state index in [1.165, 1.54) is 16.4 Å². The summed E-state index contributed by atoms with van der Waals surface area (Å²) in [6.07, 6.45) is 10.7. The molecule has 1 aromatic carbocycles. The Morgan fingerprint density at radius 1 is 0.970 bits per heavy atom. The molecule has 7 heteroatoms. The number of nitrogens with two attached hydrogens (primary N) is 2. The SMILES string of the molecule is C/C(N)=C/C=C(\N)OC1CC(Oc2ccc(-c3ccc4c5cnccc5n(C)c4c3)cn2)C1. The highest BCUT2D eigenvalue weighted by molar-refractivity contribution is 6.08. The summed E-state index contributed by atoms with van der Waals surface area (Å²) in [4.78, 5) is 8.79. The third-order valence-corrected chi connectivity index (χ3v) is 6.03. The van der Waals surface area contributed by atoms with E-state index >= 15 is 0 Å². The van der Waals surface area contributed by atoms with Crippen molar-refractivity contribution in [2.45, 2.75) is 32.0 Å². The normalized spacial score (nSPS) is 19.0. The summed E-state index contributed by atoms with van der Waals surface area (Å²) < 4.78 is 13.9. The van der Waals surface area contributed by atoms with E-state index in [1.54, 1.807) is 19.1 Å². The van der Waals surface area contributed by atoms with E-state index in [2.05, 4.69) is 39.8 Å². The number of hydrogen-bond acceptors (Lipinski definition) is 6. The molecule has 0 aliphatic heterocycles. The van der Waals surface area contributed by atoms with Crippen molar-refractivity contribution < 1.29 is 9.47 Å². The first kappa shape index (κ1) is 20.9. The van der Waals surface area contributed by atoms with Crippen LogP contribution in [0.4, 0.5) is 0 Å². The van der Waals surface area contributed by atoms with E-state index in [-0.39, 0.29) is 12.2 Å². The molecule has 4 aromatic rings. The maximum atomic E-state index is 5.99. The molecule has 0 radical (unpaired) electrons. The Hall–Kier alpha value is -4.00. The van der Waals surface area contributed by atoms with Crippen LogP contribution in [0.15, 0.2) is 78.7 Å². The molecule has 0 saturated heterocycles. The summed E-state index contributed by atoms with van der Waals surface area (Å²) in [5.74, 6) is 0.981. The van der Waals surface area contributed by atoms with E-state index < -0.39 is 0 Å². The van der Waals surface area contributed by atoms with Crippen LogP contribution < -0.4 is 16.2 Å². The lowest BCUT2D eigenvalue weighted by Gasteiger charge is -2.34. The Labute approximate surface area is 192 Å². The number of rotatable bonds is 6. The number of hydrogen-bond donors (Lipinski definition) is 2. The quantitative estimate of drug-likeness (QED) is 0.340. The minimum Gasteiger partial charge on any atom is -0.476 e. The summed E-state index contributed by atoms with van der Waals surface area (Å²) in [5.41, 5.74) is 16.6. The van der Waals surface area contributed by atoms with Crippen molar-refractivity contribution in [1.29, 1.82) is 0 Å². The lowest BCUT2D eigenvalue weighted by molar-refractivity contribution is -0.0334. The van der Waals surface area contributed by atoms with Crippen molar-refractivity contribution in [3.05, 3.63) is 78.7 Å². The Kier molecular flexibility index (Phi) is 5.38. The fourth-order valence-corrected chi connectivity index (χ4v) is 4.18. The topological polar surface area (TPSA) is 101 Å². The molecule has 7 nitrogen and oxygen atoms in total. The Morgan fingerprint density at radius 2 is 1.79 bits per heavy atom. The number of benzene rings is 1. The van der Waals surface area contributed by atoms with Gasteiger partial charge in [-0.2, -0.15) is 0 Å². The number of allylic oxidation sites excluding steroid dienone is 3. The lowest BCUT2D eigenvalue weighted by Crippen LogP contribution is -2.40. The summed E-state index contributed by atoms with van der Waals surface area (Å²) >= 11 is 0. The molecule has 0 unspecified atom stereocenters. The van der Waals surface area contributed by atoms with Crippen LogP contribution in [0.25, 0.3) is 32.9 Å². The van der Waals surface area contributed by atoms with Gasteiger partial charge >= 0.3 is 0 Å². The number of pyridine rings is 2. The van der Waals surface area contributed by atoms with Gasteiger partial charge in [-0.25, -0.2) is 4.98 Å². The van der Waals surface area contributed by atoms with Crippen LogP contribution in [0.1, 0.15) is 19.8 Å². The maximum absolute atomic E-state index is 5.99. The number of aromatic nitrogens is 3. The molecule has 0 spiro atoms. The van der Waals surface area contributed by atoms with E-state index in [0.29, 0.717) is 17.5 Å². The second kappa shape index (κ2) is 8.50. The van der Waals surface area contributed by atoms with E-state index in [9.17, 15) is 0 Å². The van der Waals surface area contributed by atoms with Gasteiger partial charge in [0.15, 0.2) is 5.88 Å². The molecule has 1 aliphatic rings. The zero-order chi connectivity index (χ0) is 22.9. The summed E-state index contributed by atoms with van der Waals surface area (Å²) in [5, 5.41) is 2.36. The summed E-state index contributed by atoms with van der Waals surface area (Å²) in [7, 11) is 2.08. The monoisotopic (exact) mass is 441 g/mol. The third-order valence-electron chi connectivity index (χ3n) is 6.03. The Morgan fingerprint density at radius 3 is 2.55 bits per heavy atom. The number of ether oxygens (including phenoxy) is 2. The van der Waals surface area contributed by atoms with Gasteiger partial charge in [-0.05, 0) is 42.8 Å². The molecule has 4 N–H and O–H groups in total. The molecule has 0 bridgehead atoms. The third kappa shape index (κ3) is 4.22. The Bertz CT molecular complexity index is 1360. The molecular weight excluding hydrogens is 414 g/mol. The van der Waals surface area contributed by atoms with E-state index in [0.717, 1.165) is 29.4 Å². The molecule has 33 heavy (non-hydrogen) atoms. The molecule has 1 saturated carbocycles. The van der Waals surface area contributed by atoms with Gasteiger partial charge in [-0.3, -0.25) is 4.98 Å². The molecule has 0 atom stereocenters. The van der Waals surface area contributed by atoms with Crippen molar-refractivity contribution in [3.63, 3.8) is 0 Å². The van der Waals surface area contributed by atoms with Crippen molar-refractivity contribution in [1.82, 2.24) is 14.5 Å². The number of fused-ring (bicyclic) bond motifs is 3. The van der Waals surface area contributed by atoms with Crippen LogP contribution in [-0.4, -0.2) is 26.7 Å². The molecule has 168 valence electrons. The van der Waals surface area contributed by atoms with Crippen molar-refractivity contribution >= 4 is 21.8 Å². The minimum absolute atomic E-state index is 0.0553. The van der Waals surface area contributed by atoms with Gasteiger partial charge < -0.3 is 25.5 Å². The first-order valence-electron chi connectivity index (χ1n) is 11.0. The van der Waals surface area contributed by atoms with Gasteiger partial charge in [0.05, 0.1) is 5.52 Å². The van der Waals surface area contributed by atoms with Crippen LogP contribution in [0.2, 0.25) is 0 Å². The zero-order valence-corrected chi connectivity index (χ0v) is 18.7. The van der Waals surface area contributed by atoms with Gasteiger partial charge in [0.25, 0.3) is 0 Å². The van der Waals surface area contributed by atoms with Crippen molar-refractivity contribution in [2.24, 2.45) is 18.5 Å². The molecule has 3 aromatic heterocycles. The van der Waals surface area contributed by atoms with Gasteiger partial charge in [0.2, 0.25) is 5.88 Å². The molecule has 0 amide bonds. The minimum atomic E-state index is 0.0553. The van der Waals surface area contributed by atoms with Gasteiger partial charge in [-0.1, -0.05) is 12.1 Å². The highest BCUT2D eigenvalue weighted by Gasteiger charge is 2.33. The summed E-state index contributed by atoms with van der Waals surface area (Å²) in [6.45, 7) is 1.80. The first-order chi connectivity index (χ1) is 16.0. The number of aryl methyl sites for hydroxylation is 1. The fraction of sp³-hybridized carbons (Fsp3) is 0.231. The first-order valence-corrected chi connectivity index (χ1v) is 11.0. The Balaban J connectivity index is 1.24. The van der Waals surface area contributed by atoms with Crippen LogP contribution in [0.5, 0.6) is 5.88 Å². The molecular formula is C26H27N5O2. The van der Waals surface area contributed by atoms with Crippen LogP contribution in [0, 0.1) is 0 Å².